The molecule has 0 aromatic heterocycles. The van der Waals surface area contributed by atoms with Crippen molar-refractivity contribution in [2.45, 2.75) is 12.3 Å². The molecule has 1 fully saturated rings. The molecule has 0 saturated carbocycles. The highest BCUT2D eigenvalue weighted by atomic mass is 35.5. The average molecular weight is 305 g/mol. The monoisotopic (exact) mass is 304 g/mol. The molecule has 0 amide bonds. The van der Waals surface area contributed by atoms with E-state index in [1.807, 2.05) is 36.4 Å². The maximum absolute atomic E-state index is 5.84. The zero-order chi connectivity index (χ0) is 13.9. The molecule has 1 heterocycles. The van der Waals surface area contributed by atoms with Gasteiger partial charge in [-0.2, -0.15) is 0 Å². The Morgan fingerprint density at radius 1 is 1.00 bits per heavy atom. The summed E-state index contributed by atoms with van der Waals surface area (Å²) in [5.74, 6) is 1.79. The van der Waals surface area contributed by atoms with Crippen LogP contribution in [0.5, 0.6) is 11.5 Å². The Hall–Kier alpha value is -1.58. The van der Waals surface area contributed by atoms with Crippen molar-refractivity contribution in [1.29, 1.82) is 0 Å². The highest BCUT2D eigenvalue weighted by Gasteiger charge is 2.24. The van der Waals surface area contributed by atoms with Crippen LogP contribution in [0.15, 0.2) is 48.5 Å². The van der Waals surface area contributed by atoms with Crippen molar-refractivity contribution in [2.24, 2.45) is 0 Å². The molecule has 0 radical (unpaired) electrons. The lowest BCUT2D eigenvalue weighted by Crippen LogP contribution is -2.02. The van der Waals surface area contributed by atoms with Crippen molar-refractivity contribution in [1.82, 2.24) is 0 Å². The third-order valence-corrected chi connectivity index (χ3v) is 3.92. The van der Waals surface area contributed by atoms with E-state index in [1.54, 1.807) is 12.1 Å². The van der Waals surface area contributed by atoms with Crippen molar-refractivity contribution >= 4 is 28.9 Å². The Labute approximate surface area is 128 Å². The summed E-state index contributed by atoms with van der Waals surface area (Å²) >= 11 is 11.0. The number of ether oxygens (including phenoxy) is 2. The Bertz CT molecular complexity index is 607. The van der Waals surface area contributed by atoms with E-state index in [0.717, 1.165) is 17.9 Å². The van der Waals surface area contributed by atoms with Crippen LogP contribution in [0.3, 0.4) is 0 Å². The lowest BCUT2D eigenvalue weighted by Gasteiger charge is -2.10. The largest absolute Gasteiger partial charge is 0.486 e. The highest BCUT2D eigenvalue weighted by molar-refractivity contribution is 7.80. The fraction of sp³-hybridized carbons (Fsp3) is 0.188. The van der Waals surface area contributed by atoms with Gasteiger partial charge in [-0.3, -0.25) is 0 Å². The normalized spacial score (nSPS) is 17.9. The van der Waals surface area contributed by atoms with E-state index < -0.39 is 0 Å². The number of benzene rings is 2. The van der Waals surface area contributed by atoms with E-state index in [2.05, 4.69) is 0 Å². The smallest absolute Gasteiger partial charge is 0.167 e. The number of thiocarbonyl (C=S) groups is 1. The van der Waals surface area contributed by atoms with Crippen LogP contribution < -0.4 is 4.74 Å². The molecule has 2 aromatic carbocycles. The van der Waals surface area contributed by atoms with Gasteiger partial charge in [0.2, 0.25) is 0 Å². The molecule has 20 heavy (non-hydrogen) atoms. The van der Waals surface area contributed by atoms with Crippen LogP contribution in [0.2, 0.25) is 5.02 Å². The summed E-state index contributed by atoms with van der Waals surface area (Å²) < 4.78 is 11.1. The maximum Gasteiger partial charge on any atom is 0.167 e. The van der Waals surface area contributed by atoms with E-state index in [4.69, 9.17) is 33.3 Å². The second-order valence-corrected chi connectivity index (χ2v) is 5.47. The number of rotatable bonds is 3. The zero-order valence-corrected chi connectivity index (χ0v) is 12.3. The molecule has 1 atom stereocenters. The fourth-order valence-electron chi connectivity index (χ4n) is 2.21. The summed E-state index contributed by atoms with van der Waals surface area (Å²) in [7, 11) is 0. The minimum absolute atomic E-state index is 0.231. The third-order valence-electron chi connectivity index (χ3n) is 3.27. The van der Waals surface area contributed by atoms with Crippen molar-refractivity contribution in [3.05, 3.63) is 59.1 Å². The van der Waals surface area contributed by atoms with Gasteiger partial charge in [0, 0.05) is 5.02 Å². The molecule has 0 aliphatic carbocycles. The van der Waals surface area contributed by atoms with Gasteiger partial charge in [0.25, 0.3) is 0 Å². The van der Waals surface area contributed by atoms with Crippen molar-refractivity contribution in [2.75, 3.05) is 6.61 Å². The highest BCUT2D eigenvalue weighted by Crippen LogP contribution is 2.30. The van der Waals surface area contributed by atoms with Gasteiger partial charge in [0.1, 0.15) is 11.5 Å². The Kier molecular flexibility index (Phi) is 3.90. The SMILES string of the molecule is S=C1OCCC1c1ccc(Oc2ccc(Cl)cc2)cc1. The van der Waals surface area contributed by atoms with Crippen LogP contribution in [0, 0.1) is 0 Å². The predicted molar refractivity (Wildman–Crippen MR) is 83.9 cm³/mol. The minimum Gasteiger partial charge on any atom is -0.486 e. The fourth-order valence-corrected chi connectivity index (χ4v) is 2.67. The molecule has 1 saturated heterocycles. The summed E-state index contributed by atoms with van der Waals surface area (Å²) in [6.45, 7) is 0.715. The topological polar surface area (TPSA) is 18.5 Å². The first-order chi connectivity index (χ1) is 9.72. The first-order valence-electron chi connectivity index (χ1n) is 6.42. The summed E-state index contributed by atoms with van der Waals surface area (Å²) in [5.41, 5.74) is 1.18. The molecule has 1 aliphatic rings. The van der Waals surface area contributed by atoms with Crippen LogP contribution in [-0.4, -0.2) is 11.7 Å². The molecule has 0 spiro atoms. The summed E-state index contributed by atoms with van der Waals surface area (Å²) in [6.07, 6.45) is 0.955. The van der Waals surface area contributed by atoms with Gasteiger partial charge < -0.3 is 9.47 Å². The Balaban J connectivity index is 1.73. The van der Waals surface area contributed by atoms with Gasteiger partial charge in [0.15, 0.2) is 5.05 Å². The van der Waals surface area contributed by atoms with E-state index >= 15 is 0 Å². The molecule has 102 valence electrons. The van der Waals surface area contributed by atoms with Gasteiger partial charge in [-0.15, -0.1) is 0 Å². The second kappa shape index (κ2) is 5.81. The molecule has 4 heteroatoms. The van der Waals surface area contributed by atoms with Gasteiger partial charge in [-0.25, -0.2) is 0 Å². The zero-order valence-electron chi connectivity index (χ0n) is 10.7. The van der Waals surface area contributed by atoms with Crippen LogP contribution >= 0.6 is 23.8 Å². The second-order valence-electron chi connectivity index (χ2n) is 4.63. The van der Waals surface area contributed by atoms with Crippen molar-refractivity contribution < 1.29 is 9.47 Å². The van der Waals surface area contributed by atoms with Crippen LogP contribution in [0.4, 0.5) is 0 Å². The lowest BCUT2D eigenvalue weighted by molar-refractivity contribution is 0.351. The van der Waals surface area contributed by atoms with Crippen molar-refractivity contribution in [3.8, 4) is 11.5 Å². The van der Waals surface area contributed by atoms with Gasteiger partial charge in [0.05, 0.1) is 12.5 Å². The molecule has 3 rings (SSSR count). The van der Waals surface area contributed by atoms with E-state index in [0.29, 0.717) is 16.7 Å². The quantitative estimate of drug-likeness (QED) is 0.746. The first-order valence-corrected chi connectivity index (χ1v) is 7.21. The average Bonchev–Trinajstić information content (AvgIpc) is 2.89. The molecule has 1 unspecified atom stereocenters. The summed E-state index contributed by atoms with van der Waals surface area (Å²) in [4.78, 5) is 0. The molecule has 0 bridgehead atoms. The lowest BCUT2D eigenvalue weighted by atomic mass is 9.98. The first kappa shape index (κ1) is 13.4. The standard InChI is InChI=1S/C16H13ClO2S/c17-12-3-7-14(8-4-12)19-13-5-1-11(2-6-13)15-9-10-18-16(15)20/h1-8,15H,9-10H2. The van der Waals surface area contributed by atoms with E-state index in [-0.39, 0.29) is 5.92 Å². The van der Waals surface area contributed by atoms with E-state index in [1.165, 1.54) is 5.56 Å². The van der Waals surface area contributed by atoms with Gasteiger partial charge in [-0.1, -0.05) is 23.7 Å². The van der Waals surface area contributed by atoms with Gasteiger partial charge in [-0.05, 0) is 60.6 Å². The molecular formula is C16H13ClO2S. The number of hydrogen-bond donors (Lipinski definition) is 0. The molecule has 2 nitrogen and oxygen atoms in total. The van der Waals surface area contributed by atoms with Crippen molar-refractivity contribution in [3.63, 3.8) is 0 Å². The third kappa shape index (κ3) is 2.94. The molecule has 1 aliphatic heterocycles. The number of halogens is 1. The minimum atomic E-state index is 0.231. The van der Waals surface area contributed by atoms with Gasteiger partial charge >= 0.3 is 0 Å². The Morgan fingerprint density at radius 2 is 1.60 bits per heavy atom. The molecule has 2 aromatic rings. The van der Waals surface area contributed by atoms with Crippen LogP contribution in [-0.2, 0) is 4.74 Å². The predicted octanol–water partition coefficient (Wildman–Crippen LogP) is 4.96. The maximum atomic E-state index is 5.84. The van der Waals surface area contributed by atoms with Crippen LogP contribution in [0.25, 0.3) is 0 Å². The van der Waals surface area contributed by atoms with E-state index in [9.17, 15) is 0 Å². The number of hydrogen-bond acceptors (Lipinski definition) is 3. The Morgan fingerprint density at radius 3 is 2.15 bits per heavy atom. The summed E-state index contributed by atoms with van der Waals surface area (Å²) in [6, 6.07) is 15.3. The molecule has 0 N–H and O–H groups in total. The van der Waals surface area contributed by atoms with Crippen LogP contribution in [0.1, 0.15) is 17.9 Å². The summed E-state index contributed by atoms with van der Waals surface area (Å²) in [5, 5.41) is 1.39. The molecular weight excluding hydrogens is 292 g/mol.